The zero-order chi connectivity index (χ0) is 11.8. The first-order valence-electron chi connectivity index (χ1n) is 4.68. The minimum atomic E-state index is 0.800. The summed E-state index contributed by atoms with van der Waals surface area (Å²) in [7, 11) is 0. The van der Waals surface area contributed by atoms with Gasteiger partial charge in [0.2, 0.25) is 0 Å². The average molecular weight is 231 g/mol. The monoisotopic (exact) mass is 230 g/mol. The number of nitrogens with one attached hydrogen (secondary N) is 2. The highest BCUT2D eigenvalue weighted by Crippen LogP contribution is 2.26. The molecule has 2 aromatic rings. The quantitative estimate of drug-likeness (QED) is 0.686. The van der Waals surface area contributed by atoms with Gasteiger partial charge in [-0.15, -0.1) is 0 Å². The van der Waals surface area contributed by atoms with Gasteiger partial charge in [-0.25, -0.2) is 10.8 Å². The third kappa shape index (κ3) is 3.35. The van der Waals surface area contributed by atoms with Crippen molar-refractivity contribution in [3.8, 4) is 11.1 Å². The molecule has 0 saturated heterocycles. The predicted octanol–water partition coefficient (Wildman–Crippen LogP) is 4.32. The molecule has 0 saturated carbocycles. The summed E-state index contributed by atoms with van der Waals surface area (Å²) in [6.07, 6.45) is 0. The van der Waals surface area contributed by atoms with E-state index in [0.717, 1.165) is 16.1 Å². The van der Waals surface area contributed by atoms with E-state index in [2.05, 4.69) is 12.1 Å². The fourth-order valence-corrected chi connectivity index (χ4v) is 1.56. The van der Waals surface area contributed by atoms with Gasteiger partial charge in [0.1, 0.15) is 0 Å². The molecule has 0 aromatic heterocycles. The van der Waals surface area contributed by atoms with Crippen LogP contribution in [0.4, 0.5) is 0 Å². The molecular weight excluding hydrogens is 220 g/mol. The first-order chi connectivity index (χ1) is 7.79. The average Bonchev–Trinajstić information content (AvgIpc) is 2.32. The third-order valence-corrected chi connectivity index (χ3v) is 2.29. The van der Waals surface area contributed by atoms with Crippen LogP contribution in [0, 0.1) is 10.8 Å². The minimum absolute atomic E-state index is 0.800. The SMILES string of the molecule is Clc1ccccc1-c1ccccc1.N=C=N. The lowest BCUT2D eigenvalue weighted by Crippen LogP contribution is -1.77. The molecule has 0 fully saturated rings. The largest absolute Gasteiger partial charge is 0.242 e. The van der Waals surface area contributed by atoms with Gasteiger partial charge < -0.3 is 0 Å². The number of hydrogen-bond donors (Lipinski definition) is 2. The number of rotatable bonds is 1. The van der Waals surface area contributed by atoms with Gasteiger partial charge in [0.25, 0.3) is 0 Å². The molecule has 2 rings (SSSR count). The van der Waals surface area contributed by atoms with Crippen LogP contribution in [0.1, 0.15) is 0 Å². The maximum Gasteiger partial charge on any atom is 0.0831 e. The molecule has 0 unspecified atom stereocenters. The molecule has 2 N–H and O–H groups in total. The van der Waals surface area contributed by atoms with Crippen LogP contribution in [0.15, 0.2) is 54.6 Å². The summed E-state index contributed by atoms with van der Waals surface area (Å²) >= 11 is 6.06. The van der Waals surface area contributed by atoms with Crippen molar-refractivity contribution in [2.45, 2.75) is 0 Å². The summed E-state index contributed by atoms with van der Waals surface area (Å²) < 4.78 is 0. The lowest BCUT2D eigenvalue weighted by Gasteiger charge is -2.02. The molecule has 3 heteroatoms. The Hall–Kier alpha value is -1.89. The van der Waals surface area contributed by atoms with Gasteiger partial charge in [0, 0.05) is 10.6 Å². The van der Waals surface area contributed by atoms with Crippen LogP contribution in [-0.2, 0) is 0 Å². The van der Waals surface area contributed by atoms with Crippen LogP contribution in [0.5, 0.6) is 0 Å². The molecule has 80 valence electrons. The minimum Gasteiger partial charge on any atom is -0.242 e. The van der Waals surface area contributed by atoms with Gasteiger partial charge in [-0.3, -0.25) is 0 Å². The normalized spacial score (nSPS) is 8.56. The van der Waals surface area contributed by atoms with Crippen LogP contribution in [-0.4, -0.2) is 6.01 Å². The van der Waals surface area contributed by atoms with Gasteiger partial charge in [0.05, 0.1) is 6.01 Å². The topological polar surface area (TPSA) is 47.7 Å². The van der Waals surface area contributed by atoms with E-state index in [-0.39, 0.29) is 0 Å². The maximum atomic E-state index is 6.06. The Labute approximate surface area is 99.5 Å². The molecule has 16 heavy (non-hydrogen) atoms. The standard InChI is InChI=1S/C12H9Cl.CH2N2/c13-12-9-5-4-8-11(12)10-6-2-1-3-7-10;2-1-3/h1-9H;2-3H. The van der Waals surface area contributed by atoms with E-state index in [1.54, 1.807) is 0 Å². The highest BCUT2D eigenvalue weighted by molar-refractivity contribution is 6.33. The molecule has 2 aromatic carbocycles. The van der Waals surface area contributed by atoms with Gasteiger partial charge >= 0.3 is 0 Å². The smallest absolute Gasteiger partial charge is 0.0831 e. The Kier molecular flexibility index (Phi) is 5.00. The number of benzene rings is 2. The highest BCUT2D eigenvalue weighted by atomic mass is 35.5. The van der Waals surface area contributed by atoms with Crippen molar-refractivity contribution in [1.82, 2.24) is 0 Å². The second kappa shape index (κ2) is 6.57. The third-order valence-electron chi connectivity index (χ3n) is 1.96. The van der Waals surface area contributed by atoms with Crippen LogP contribution in [0.2, 0.25) is 5.02 Å². The predicted molar refractivity (Wildman–Crippen MR) is 67.3 cm³/mol. The van der Waals surface area contributed by atoms with E-state index >= 15 is 0 Å². The second-order valence-corrected chi connectivity index (χ2v) is 3.38. The molecule has 0 bridgehead atoms. The lowest BCUT2D eigenvalue weighted by atomic mass is 10.1. The van der Waals surface area contributed by atoms with Crippen LogP contribution in [0.25, 0.3) is 11.1 Å². The molecule has 0 radical (unpaired) electrons. The Balaban J connectivity index is 0.000000386. The highest BCUT2D eigenvalue weighted by Gasteiger charge is 1.99. The fourth-order valence-electron chi connectivity index (χ4n) is 1.31. The van der Waals surface area contributed by atoms with Crippen molar-refractivity contribution in [1.29, 1.82) is 10.8 Å². The summed E-state index contributed by atoms with van der Waals surface area (Å²) in [5, 5.41) is 12.0. The molecule has 0 spiro atoms. The first-order valence-corrected chi connectivity index (χ1v) is 5.05. The van der Waals surface area contributed by atoms with Crippen LogP contribution < -0.4 is 0 Å². The maximum absolute atomic E-state index is 6.06. The van der Waals surface area contributed by atoms with Crippen molar-refractivity contribution in [2.75, 3.05) is 0 Å². The number of hydrogen-bond acceptors (Lipinski definition) is 2. The van der Waals surface area contributed by atoms with Gasteiger partial charge in [0.15, 0.2) is 0 Å². The Bertz CT molecular complexity index is 474. The molecular formula is C13H11ClN2. The molecule has 0 aliphatic carbocycles. The van der Waals surface area contributed by atoms with Crippen molar-refractivity contribution < 1.29 is 0 Å². The molecule has 0 aliphatic heterocycles. The summed E-state index contributed by atoms with van der Waals surface area (Å²) in [6, 6.07) is 19.3. The molecule has 2 nitrogen and oxygen atoms in total. The summed E-state index contributed by atoms with van der Waals surface area (Å²) in [6.45, 7) is 0. The summed E-state index contributed by atoms with van der Waals surface area (Å²) in [5.41, 5.74) is 2.25. The first kappa shape index (κ1) is 12.2. The van der Waals surface area contributed by atoms with Crippen LogP contribution >= 0.6 is 11.6 Å². The van der Waals surface area contributed by atoms with E-state index in [4.69, 9.17) is 22.4 Å². The van der Waals surface area contributed by atoms with E-state index in [0.29, 0.717) is 0 Å². The number of halogens is 1. The second-order valence-electron chi connectivity index (χ2n) is 2.97. The van der Waals surface area contributed by atoms with E-state index in [9.17, 15) is 0 Å². The zero-order valence-corrected chi connectivity index (χ0v) is 9.33. The van der Waals surface area contributed by atoms with Gasteiger partial charge in [-0.1, -0.05) is 60.1 Å². The van der Waals surface area contributed by atoms with E-state index in [1.807, 2.05) is 42.5 Å². The van der Waals surface area contributed by atoms with Crippen molar-refractivity contribution in [3.63, 3.8) is 0 Å². The Morgan fingerprint density at radius 2 is 1.31 bits per heavy atom. The van der Waals surface area contributed by atoms with Gasteiger partial charge in [-0.2, -0.15) is 0 Å². The molecule has 0 amide bonds. The van der Waals surface area contributed by atoms with Crippen molar-refractivity contribution in [3.05, 3.63) is 59.6 Å². The van der Waals surface area contributed by atoms with E-state index in [1.165, 1.54) is 6.01 Å². The van der Waals surface area contributed by atoms with Crippen molar-refractivity contribution in [2.24, 2.45) is 0 Å². The Morgan fingerprint density at radius 1 is 0.812 bits per heavy atom. The summed E-state index contributed by atoms with van der Waals surface area (Å²) in [4.78, 5) is 0. The molecule has 0 aliphatic rings. The fraction of sp³-hybridized carbons (Fsp3) is 0. The zero-order valence-electron chi connectivity index (χ0n) is 8.57. The summed E-state index contributed by atoms with van der Waals surface area (Å²) in [5.74, 6) is 0. The molecule has 0 heterocycles. The van der Waals surface area contributed by atoms with Crippen LogP contribution in [0.3, 0.4) is 0 Å². The lowest BCUT2D eigenvalue weighted by molar-refractivity contribution is 1.47. The molecule has 0 atom stereocenters. The van der Waals surface area contributed by atoms with E-state index < -0.39 is 0 Å². The van der Waals surface area contributed by atoms with Crippen molar-refractivity contribution >= 4 is 17.6 Å². The van der Waals surface area contributed by atoms with Gasteiger partial charge in [-0.05, 0) is 11.6 Å². The Morgan fingerprint density at radius 3 is 1.88 bits per heavy atom.